The van der Waals surface area contributed by atoms with Crippen LogP contribution in [0.1, 0.15) is 25.6 Å². The number of rotatable bonds is 3. The van der Waals surface area contributed by atoms with Crippen molar-refractivity contribution in [3.05, 3.63) is 46.8 Å². The van der Waals surface area contributed by atoms with Gasteiger partial charge in [0.1, 0.15) is 5.60 Å². The molecule has 3 aromatic heterocycles. The van der Waals surface area contributed by atoms with Gasteiger partial charge in [0.2, 0.25) is 0 Å². The third-order valence-corrected chi connectivity index (χ3v) is 4.37. The SMILES string of the molecule is Cn1nccc1-n1nc(-c2ccc[nH]c2=O)nc1C1(C)CCCO1.O=CO. The molecule has 0 aromatic carbocycles. The van der Waals surface area contributed by atoms with Crippen molar-refractivity contribution in [1.82, 2.24) is 29.5 Å². The van der Waals surface area contributed by atoms with Gasteiger partial charge in [0.25, 0.3) is 12.0 Å². The standard InChI is InChI=1S/C16H18N6O2.CH2O2/c1-16(7-4-10-24-16)15-19-13(11-5-3-8-17-14(11)23)20-22(15)12-6-9-18-21(12)2;2-1-3/h3,5-6,8-9H,4,7,10H2,1-2H3,(H,17,23);1H,(H,2,3). The Morgan fingerprint density at radius 3 is 2.78 bits per heavy atom. The van der Waals surface area contributed by atoms with Gasteiger partial charge in [-0.1, -0.05) is 0 Å². The minimum absolute atomic E-state index is 0.219. The zero-order valence-electron chi connectivity index (χ0n) is 15.0. The summed E-state index contributed by atoms with van der Waals surface area (Å²) in [5.74, 6) is 1.83. The Labute approximate surface area is 154 Å². The van der Waals surface area contributed by atoms with Gasteiger partial charge in [-0.15, -0.1) is 5.10 Å². The number of aromatic amines is 1. The maximum Gasteiger partial charge on any atom is 0.290 e. The molecule has 4 rings (SSSR count). The fourth-order valence-corrected chi connectivity index (χ4v) is 3.06. The largest absolute Gasteiger partial charge is 0.483 e. The number of carboxylic acid groups (broad SMARTS) is 1. The molecule has 0 spiro atoms. The first-order valence-electron chi connectivity index (χ1n) is 8.36. The topological polar surface area (TPSA) is 128 Å². The zero-order chi connectivity index (χ0) is 19.4. The minimum atomic E-state index is -0.531. The molecule has 1 saturated heterocycles. The second-order valence-electron chi connectivity index (χ2n) is 6.19. The highest BCUT2D eigenvalue weighted by Gasteiger charge is 2.38. The fourth-order valence-electron chi connectivity index (χ4n) is 3.06. The van der Waals surface area contributed by atoms with Crippen molar-refractivity contribution in [3.8, 4) is 17.2 Å². The number of aromatic nitrogens is 6. The maximum atomic E-state index is 12.1. The van der Waals surface area contributed by atoms with E-state index in [9.17, 15) is 4.79 Å². The predicted molar refractivity (Wildman–Crippen MR) is 95.4 cm³/mol. The first-order chi connectivity index (χ1) is 13.0. The van der Waals surface area contributed by atoms with Crippen LogP contribution in [0.15, 0.2) is 35.4 Å². The van der Waals surface area contributed by atoms with Crippen LogP contribution in [-0.4, -0.2) is 47.7 Å². The first kappa shape index (κ1) is 18.5. The average molecular weight is 372 g/mol. The van der Waals surface area contributed by atoms with E-state index in [-0.39, 0.29) is 12.0 Å². The normalized spacial score (nSPS) is 18.7. The summed E-state index contributed by atoms with van der Waals surface area (Å²) in [6.07, 6.45) is 5.12. The van der Waals surface area contributed by atoms with Crippen molar-refractivity contribution in [2.75, 3.05) is 6.61 Å². The zero-order valence-corrected chi connectivity index (χ0v) is 15.0. The molecule has 2 N–H and O–H groups in total. The van der Waals surface area contributed by atoms with Crippen LogP contribution in [0.4, 0.5) is 0 Å². The fraction of sp³-hybridized carbons (Fsp3) is 0.353. The molecule has 10 nitrogen and oxygen atoms in total. The quantitative estimate of drug-likeness (QED) is 0.658. The first-order valence-corrected chi connectivity index (χ1v) is 8.36. The van der Waals surface area contributed by atoms with Crippen LogP contribution in [-0.2, 0) is 22.2 Å². The van der Waals surface area contributed by atoms with Gasteiger partial charge in [0, 0.05) is 25.9 Å². The molecule has 0 amide bonds. The van der Waals surface area contributed by atoms with E-state index in [4.69, 9.17) is 14.6 Å². The van der Waals surface area contributed by atoms with Gasteiger partial charge in [-0.2, -0.15) is 9.78 Å². The summed E-state index contributed by atoms with van der Waals surface area (Å²) in [7, 11) is 1.84. The number of carbonyl (C=O) groups is 1. The van der Waals surface area contributed by atoms with E-state index in [1.807, 2.05) is 20.0 Å². The van der Waals surface area contributed by atoms with E-state index >= 15 is 0 Å². The summed E-state index contributed by atoms with van der Waals surface area (Å²) in [6.45, 7) is 2.45. The Bertz CT molecular complexity index is 983. The van der Waals surface area contributed by atoms with Gasteiger partial charge in [-0.25, -0.2) is 4.98 Å². The lowest BCUT2D eigenvalue weighted by atomic mass is 10.0. The molecular formula is C17H20N6O4. The van der Waals surface area contributed by atoms with Crippen LogP contribution >= 0.6 is 0 Å². The Balaban J connectivity index is 0.000000659. The number of hydrogen-bond donors (Lipinski definition) is 2. The summed E-state index contributed by atoms with van der Waals surface area (Å²) >= 11 is 0. The summed E-state index contributed by atoms with van der Waals surface area (Å²) in [5.41, 5.74) is -0.318. The Kier molecular flexibility index (Phi) is 5.17. The number of nitrogens with one attached hydrogen (secondary N) is 1. The lowest BCUT2D eigenvalue weighted by Gasteiger charge is -2.22. The van der Waals surface area contributed by atoms with E-state index in [2.05, 4.69) is 20.2 Å². The van der Waals surface area contributed by atoms with Crippen LogP contribution in [0.3, 0.4) is 0 Å². The van der Waals surface area contributed by atoms with Gasteiger partial charge in [0.15, 0.2) is 17.5 Å². The average Bonchev–Trinajstić information content (AvgIpc) is 3.36. The van der Waals surface area contributed by atoms with Crippen LogP contribution < -0.4 is 5.56 Å². The molecule has 1 aliphatic heterocycles. The number of ether oxygens (including phenoxy) is 1. The van der Waals surface area contributed by atoms with Crippen molar-refractivity contribution in [2.45, 2.75) is 25.4 Å². The predicted octanol–water partition coefficient (Wildman–Crippen LogP) is 1.08. The number of nitrogens with zero attached hydrogens (tertiary/aromatic N) is 5. The Morgan fingerprint density at radius 1 is 1.41 bits per heavy atom. The smallest absolute Gasteiger partial charge is 0.290 e. The van der Waals surface area contributed by atoms with E-state index in [1.54, 1.807) is 33.9 Å². The maximum absolute atomic E-state index is 12.1. The molecule has 1 fully saturated rings. The second-order valence-corrected chi connectivity index (χ2v) is 6.19. The molecule has 1 atom stereocenters. The highest BCUT2D eigenvalue weighted by Crippen LogP contribution is 2.36. The number of aryl methyl sites for hydroxylation is 1. The number of pyridine rings is 1. The molecule has 142 valence electrons. The Hall–Kier alpha value is -3.27. The molecule has 0 aliphatic carbocycles. The van der Waals surface area contributed by atoms with Crippen molar-refractivity contribution >= 4 is 6.47 Å². The molecule has 0 saturated carbocycles. The van der Waals surface area contributed by atoms with Gasteiger partial charge < -0.3 is 14.8 Å². The third-order valence-electron chi connectivity index (χ3n) is 4.37. The lowest BCUT2D eigenvalue weighted by Crippen LogP contribution is -2.26. The van der Waals surface area contributed by atoms with Crippen LogP contribution in [0, 0.1) is 0 Å². The van der Waals surface area contributed by atoms with Crippen LogP contribution in [0.2, 0.25) is 0 Å². The highest BCUT2D eigenvalue weighted by atomic mass is 16.5. The van der Waals surface area contributed by atoms with E-state index in [0.29, 0.717) is 23.8 Å². The van der Waals surface area contributed by atoms with Gasteiger partial charge in [-0.05, 0) is 31.9 Å². The van der Waals surface area contributed by atoms with E-state index in [1.165, 1.54) is 0 Å². The summed E-state index contributed by atoms with van der Waals surface area (Å²) in [6, 6.07) is 5.33. The summed E-state index contributed by atoms with van der Waals surface area (Å²) < 4.78 is 9.39. The molecule has 1 unspecified atom stereocenters. The van der Waals surface area contributed by atoms with Gasteiger partial charge in [0.05, 0.1) is 11.8 Å². The molecule has 4 heterocycles. The molecule has 10 heteroatoms. The van der Waals surface area contributed by atoms with E-state index < -0.39 is 5.60 Å². The molecule has 27 heavy (non-hydrogen) atoms. The summed E-state index contributed by atoms with van der Waals surface area (Å²) in [4.78, 5) is 27.8. The molecule has 0 bridgehead atoms. The van der Waals surface area contributed by atoms with Crippen molar-refractivity contribution < 1.29 is 14.6 Å². The van der Waals surface area contributed by atoms with Gasteiger partial charge in [-0.3, -0.25) is 14.3 Å². The molecule has 3 aromatic rings. The highest BCUT2D eigenvalue weighted by molar-refractivity contribution is 5.53. The van der Waals surface area contributed by atoms with E-state index in [0.717, 1.165) is 18.7 Å². The second kappa shape index (κ2) is 7.54. The summed E-state index contributed by atoms with van der Waals surface area (Å²) in [5, 5.41) is 15.7. The van der Waals surface area contributed by atoms with Crippen molar-refractivity contribution in [1.29, 1.82) is 0 Å². The Morgan fingerprint density at radius 2 is 2.19 bits per heavy atom. The molecular weight excluding hydrogens is 352 g/mol. The molecule has 0 radical (unpaired) electrons. The van der Waals surface area contributed by atoms with Crippen LogP contribution in [0.25, 0.3) is 17.2 Å². The van der Waals surface area contributed by atoms with Crippen LogP contribution in [0.5, 0.6) is 0 Å². The lowest BCUT2D eigenvalue weighted by molar-refractivity contribution is -0.122. The van der Waals surface area contributed by atoms with Crippen molar-refractivity contribution in [3.63, 3.8) is 0 Å². The third kappa shape index (κ3) is 3.51. The molecule has 1 aliphatic rings. The number of hydrogen-bond acceptors (Lipinski definition) is 6. The monoisotopic (exact) mass is 372 g/mol. The minimum Gasteiger partial charge on any atom is -0.483 e. The number of H-pyrrole nitrogens is 1. The van der Waals surface area contributed by atoms with Gasteiger partial charge >= 0.3 is 0 Å². The van der Waals surface area contributed by atoms with Crippen molar-refractivity contribution in [2.24, 2.45) is 7.05 Å².